The van der Waals surface area contributed by atoms with Crippen molar-refractivity contribution >= 4 is 16.7 Å². The maximum absolute atomic E-state index is 11.7. The van der Waals surface area contributed by atoms with Crippen LogP contribution in [-0.2, 0) is 4.74 Å². The van der Waals surface area contributed by atoms with Crippen LogP contribution < -0.4 is 0 Å². The number of carbonyl (C=O) groups is 1. The first-order valence-corrected chi connectivity index (χ1v) is 5.25. The van der Waals surface area contributed by atoms with E-state index in [4.69, 9.17) is 4.74 Å². The van der Waals surface area contributed by atoms with Crippen LogP contribution >= 0.6 is 0 Å². The fraction of sp³-hybridized carbons (Fsp3) is 0.231. The third kappa shape index (κ3) is 1.76. The Morgan fingerprint density at radius 3 is 2.69 bits per heavy atom. The first kappa shape index (κ1) is 10.6. The first-order valence-electron chi connectivity index (χ1n) is 5.25. The summed E-state index contributed by atoms with van der Waals surface area (Å²) in [5, 5.41) is 1.89. The lowest BCUT2D eigenvalue weighted by atomic mass is 10.1. The number of aryl methyl sites for hydroxylation is 1. The minimum Gasteiger partial charge on any atom is -0.462 e. The zero-order valence-corrected chi connectivity index (χ0v) is 9.36. The fourth-order valence-electron chi connectivity index (χ4n) is 1.71. The van der Waals surface area contributed by atoms with Gasteiger partial charge in [-0.15, -0.1) is 0 Å². The molecular formula is C13H13NO2. The van der Waals surface area contributed by atoms with Gasteiger partial charge in [0.1, 0.15) is 0 Å². The molecule has 0 unspecified atom stereocenters. The highest BCUT2D eigenvalue weighted by Crippen LogP contribution is 2.20. The van der Waals surface area contributed by atoms with Crippen LogP contribution in [-0.4, -0.2) is 17.6 Å². The first-order chi connectivity index (χ1) is 7.74. The van der Waals surface area contributed by atoms with Crippen molar-refractivity contribution in [2.75, 3.05) is 6.61 Å². The van der Waals surface area contributed by atoms with Crippen LogP contribution in [0.4, 0.5) is 0 Å². The zero-order valence-electron chi connectivity index (χ0n) is 9.36. The lowest BCUT2D eigenvalue weighted by Crippen LogP contribution is -2.06. The van der Waals surface area contributed by atoms with Gasteiger partial charge in [-0.2, -0.15) is 0 Å². The van der Waals surface area contributed by atoms with Crippen molar-refractivity contribution in [1.82, 2.24) is 4.98 Å². The molecule has 0 aliphatic rings. The monoisotopic (exact) mass is 215 g/mol. The standard InChI is InChI=1S/C13H13NO2/c1-3-16-13(15)12-8-14-9(2)10-6-4-5-7-11(10)12/h4-8H,3H2,1-2H3. The molecule has 0 bridgehead atoms. The Morgan fingerprint density at radius 1 is 1.31 bits per heavy atom. The van der Waals surface area contributed by atoms with E-state index in [9.17, 15) is 4.79 Å². The molecule has 3 nitrogen and oxygen atoms in total. The number of hydrogen-bond donors (Lipinski definition) is 0. The normalized spacial score (nSPS) is 10.4. The summed E-state index contributed by atoms with van der Waals surface area (Å²) in [6.07, 6.45) is 1.58. The van der Waals surface area contributed by atoms with Crippen molar-refractivity contribution in [3.8, 4) is 0 Å². The summed E-state index contributed by atoms with van der Waals surface area (Å²) in [4.78, 5) is 15.9. The molecule has 0 saturated heterocycles. The molecule has 2 rings (SSSR count). The number of carbonyl (C=O) groups excluding carboxylic acids is 1. The number of ether oxygens (including phenoxy) is 1. The van der Waals surface area contributed by atoms with Crippen LogP contribution in [0.2, 0.25) is 0 Å². The van der Waals surface area contributed by atoms with Crippen LogP contribution in [0.1, 0.15) is 23.0 Å². The molecule has 2 aromatic rings. The van der Waals surface area contributed by atoms with Gasteiger partial charge in [0.2, 0.25) is 0 Å². The summed E-state index contributed by atoms with van der Waals surface area (Å²) in [6.45, 7) is 4.10. The quantitative estimate of drug-likeness (QED) is 0.723. The van der Waals surface area contributed by atoms with E-state index in [1.807, 2.05) is 31.2 Å². The molecule has 0 spiro atoms. The van der Waals surface area contributed by atoms with Gasteiger partial charge in [0.15, 0.2) is 0 Å². The highest BCUT2D eigenvalue weighted by molar-refractivity contribution is 6.04. The number of esters is 1. The number of pyridine rings is 1. The molecule has 1 aromatic carbocycles. The molecular weight excluding hydrogens is 202 g/mol. The second-order valence-electron chi connectivity index (χ2n) is 3.52. The van der Waals surface area contributed by atoms with E-state index in [0.29, 0.717) is 12.2 Å². The molecule has 0 atom stereocenters. The zero-order chi connectivity index (χ0) is 11.5. The van der Waals surface area contributed by atoms with Crippen LogP contribution in [0.15, 0.2) is 30.5 Å². The molecule has 1 heterocycles. The topological polar surface area (TPSA) is 39.2 Å². The predicted octanol–water partition coefficient (Wildman–Crippen LogP) is 2.72. The number of fused-ring (bicyclic) bond motifs is 1. The molecule has 1 aromatic heterocycles. The van der Waals surface area contributed by atoms with Crippen molar-refractivity contribution in [3.63, 3.8) is 0 Å². The Balaban J connectivity index is 2.63. The van der Waals surface area contributed by atoms with Crippen LogP contribution in [0, 0.1) is 6.92 Å². The lowest BCUT2D eigenvalue weighted by Gasteiger charge is -2.07. The smallest absolute Gasteiger partial charge is 0.340 e. The Morgan fingerprint density at radius 2 is 2.00 bits per heavy atom. The van der Waals surface area contributed by atoms with Crippen molar-refractivity contribution in [3.05, 3.63) is 41.7 Å². The van der Waals surface area contributed by atoms with Crippen LogP contribution in [0.25, 0.3) is 10.8 Å². The fourth-order valence-corrected chi connectivity index (χ4v) is 1.71. The molecule has 0 amide bonds. The average molecular weight is 215 g/mol. The van der Waals surface area contributed by atoms with Gasteiger partial charge in [0.05, 0.1) is 12.2 Å². The summed E-state index contributed by atoms with van der Waals surface area (Å²) < 4.78 is 5.00. The van der Waals surface area contributed by atoms with E-state index in [2.05, 4.69) is 4.98 Å². The van der Waals surface area contributed by atoms with Gasteiger partial charge in [-0.05, 0) is 19.2 Å². The number of rotatable bonds is 2. The second-order valence-corrected chi connectivity index (χ2v) is 3.52. The largest absolute Gasteiger partial charge is 0.462 e. The maximum Gasteiger partial charge on any atom is 0.340 e. The minimum absolute atomic E-state index is 0.314. The van der Waals surface area contributed by atoms with Gasteiger partial charge < -0.3 is 4.74 Å². The van der Waals surface area contributed by atoms with Gasteiger partial charge in [-0.25, -0.2) is 4.79 Å². The summed E-state index contributed by atoms with van der Waals surface area (Å²) in [6, 6.07) is 7.72. The van der Waals surface area contributed by atoms with E-state index in [1.54, 1.807) is 13.1 Å². The third-order valence-electron chi connectivity index (χ3n) is 2.49. The number of nitrogens with zero attached hydrogens (tertiary/aromatic N) is 1. The number of hydrogen-bond acceptors (Lipinski definition) is 3. The molecule has 3 heteroatoms. The summed E-state index contributed by atoms with van der Waals surface area (Å²) in [7, 11) is 0. The molecule has 0 aliphatic heterocycles. The van der Waals surface area contributed by atoms with E-state index in [-0.39, 0.29) is 5.97 Å². The van der Waals surface area contributed by atoms with E-state index in [1.165, 1.54) is 0 Å². The van der Waals surface area contributed by atoms with Gasteiger partial charge in [0.25, 0.3) is 0 Å². The third-order valence-corrected chi connectivity index (χ3v) is 2.49. The van der Waals surface area contributed by atoms with Crippen molar-refractivity contribution in [2.24, 2.45) is 0 Å². The molecule has 0 radical (unpaired) electrons. The Bertz CT molecular complexity index is 534. The van der Waals surface area contributed by atoms with E-state index < -0.39 is 0 Å². The maximum atomic E-state index is 11.7. The van der Waals surface area contributed by atoms with Gasteiger partial charge in [-0.1, -0.05) is 24.3 Å². The van der Waals surface area contributed by atoms with Crippen molar-refractivity contribution in [1.29, 1.82) is 0 Å². The Labute approximate surface area is 94.1 Å². The SMILES string of the molecule is CCOC(=O)c1cnc(C)c2ccccc12. The molecule has 16 heavy (non-hydrogen) atoms. The lowest BCUT2D eigenvalue weighted by molar-refractivity contribution is 0.0528. The molecule has 0 fully saturated rings. The van der Waals surface area contributed by atoms with Crippen molar-refractivity contribution in [2.45, 2.75) is 13.8 Å². The van der Waals surface area contributed by atoms with Gasteiger partial charge in [-0.3, -0.25) is 4.98 Å². The number of aromatic nitrogens is 1. The highest BCUT2D eigenvalue weighted by atomic mass is 16.5. The molecule has 0 N–H and O–H groups in total. The summed E-state index contributed by atoms with van der Waals surface area (Å²) in [5.74, 6) is -0.314. The van der Waals surface area contributed by atoms with E-state index >= 15 is 0 Å². The Hall–Kier alpha value is -1.90. The average Bonchev–Trinajstić information content (AvgIpc) is 2.30. The second kappa shape index (κ2) is 4.31. The van der Waals surface area contributed by atoms with Gasteiger partial charge >= 0.3 is 5.97 Å². The summed E-state index contributed by atoms with van der Waals surface area (Å²) in [5.41, 5.74) is 1.45. The number of benzene rings is 1. The highest BCUT2D eigenvalue weighted by Gasteiger charge is 2.12. The minimum atomic E-state index is -0.314. The van der Waals surface area contributed by atoms with E-state index in [0.717, 1.165) is 16.5 Å². The van der Waals surface area contributed by atoms with Crippen LogP contribution in [0.5, 0.6) is 0 Å². The molecule has 82 valence electrons. The molecule has 0 aliphatic carbocycles. The van der Waals surface area contributed by atoms with Gasteiger partial charge in [0, 0.05) is 17.3 Å². The summed E-state index contributed by atoms with van der Waals surface area (Å²) >= 11 is 0. The van der Waals surface area contributed by atoms with Crippen molar-refractivity contribution < 1.29 is 9.53 Å². The predicted molar refractivity (Wildman–Crippen MR) is 62.4 cm³/mol. The Kier molecular flexibility index (Phi) is 2.86. The van der Waals surface area contributed by atoms with Crippen LogP contribution in [0.3, 0.4) is 0 Å². The molecule has 0 saturated carbocycles.